The summed E-state index contributed by atoms with van der Waals surface area (Å²) in [5, 5.41) is 10.8. The van der Waals surface area contributed by atoms with Crippen LogP contribution in [0, 0.1) is 10.1 Å². The van der Waals surface area contributed by atoms with E-state index in [1.54, 1.807) is 0 Å². The number of piperazine rings is 1. The van der Waals surface area contributed by atoms with E-state index >= 15 is 0 Å². The number of nitro benzene ring substituents is 1. The summed E-state index contributed by atoms with van der Waals surface area (Å²) in [5.41, 5.74) is -0.257. The Hall–Kier alpha value is -2.04. The van der Waals surface area contributed by atoms with Gasteiger partial charge >= 0.3 is 5.97 Å². The van der Waals surface area contributed by atoms with Gasteiger partial charge in [0.25, 0.3) is 5.69 Å². The SMILES string of the molecule is COC(=O)CCN1CCN(S(=O)(=O)c2cccc([N+](=O)[O-])c2)CC1. The molecule has 0 radical (unpaired) electrons. The van der Waals surface area contributed by atoms with E-state index in [1.165, 1.54) is 29.6 Å². The first-order valence-electron chi connectivity index (χ1n) is 7.38. The largest absolute Gasteiger partial charge is 0.469 e. The van der Waals surface area contributed by atoms with Crippen molar-refractivity contribution in [2.45, 2.75) is 11.3 Å². The second-order valence-electron chi connectivity index (χ2n) is 5.33. The van der Waals surface area contributed by atoms with Gasteiger partial charge in [-0.05, 0) is 6.07 Å². The molecule has 1 fully saturated rings. The van der Waals surface area contributed by atoms with Crippen molar-refractivity contribution < 1.29 is 22.9 Å². The zero-order chi connectivity index (χ0) is 17.7. The van der Waals surface area contributed by atoms with Gasteiger partial charge < -0.3 is 9.64 Å². The summed E-state index contributed by atoms with van der Waals surface area (Å²) < 4.78 is 31.1. The number of sulfonamides is 1. The lowest BCUT2D eigenvalue weighted by Gasteiger charge is -2.33. The molecule has 0 aliphatic carbocycles. The molecule has 9 nitrogen and oxygen atoms in total. The van der Waals surface area contributed by atoms with Crippen molar-refractivity contribution >= 4 is 21.7 Å². The monoisotopic (exact) mass is 357 g/mol. The zero-order valence-corrected chi connectivity index (χ0v) is 14.1. The fourth-order valence-electron chi connectivity index (χ4n) is 2.45. The van der Waals surface area contributed by atoms with Gasteiger partial charge in [0, 0.05) is 44.9 Å². The van der Waals surface area contributed by atoms with Crippen LogP contribution in [0.3, 0.4) is 0 Å². The van der Waals surface area contributed by atoms with Gasteiger partial charge in [0.1, 0.15) is 0 Å². The summed E-state index contributed by atoms with van der Waals surface area (Å²) in [4.78, 5) is 23.2. The van der Waals surface area contributed by atoms with Gasteiger partial charge in [0.2, 0.25) is 10.0 Å². The van der Waals surface area contributed by atoms with Crippen LogP contribution in [-0.2, 0) is 19.6 Å². The first kappa shape index (κ1) is 18.3. The number of esters is 1. The normalized spacial score (nSPS) is 16.7. The maximum Gasteiger partial charge on any atom is 0.306 e. The van der Waals surface area contributed by atoms with E-state index in [4.69, 9.17) is 0 Å². The van der Waals surface area contributed by atoms with Gasteiger partial charge in [0.15, 0.2) is 0 Å². The molecule has 1 heterocycles. The van der Waals surface area contributed by atoms with Crippen molar-refractivity contribution in [3.8, 4) is 0 Å². The number of non-ortho nitro benzene ring substituents is 1. The molecule has 0 atom stereocenters. The standard InChI is InChI=1S/C14H19N3O6S/c1-23-14(18)5-6-15-7-9-16(10-8-15)24(21,22)13-4-2-3-12(11-13)17(19)20/h2-4,11H,5-10H2,1H3. The molecule has 0 aromatic heterocycles. The van der Waals surface area contributed by atoms with Crippen LogP contribution in [0.5, 0.6) is 0 Å². The molecule has 0 N–H and O–H groups in total. The summed E-state index contributed by atoms with van der Waals surface area (Å²) in [6.45, 7) is 2.03. The number of benzene rings is 1. The van der Waals surface area contributed by atoms with Crippen molar-refractivity contribution in [2.24, 2.45) is 0 Å². The number of nitrogens with zero attached hydrogens (tertiary/aromatic N) is 3. The van der Waals surface area contributed by atoms with Gasteiger partial charge in [0.05, 0.1) is 23.3 Å². The molecule has 24 heavy (non-hydrogen) atoms. The van der Waals surface area contributed by atoms with Crippen molar-refractivity contribution in [1.82, 2.24) is 9.21 Å². The molecular weight excluding hydrogens is 338 g/mol. The fraction of sp³-hybridized carbons (Fsp3) is 0.500. The number of ether oxygens (including phenoxy) is 1. The Kier molecular flexibility index (Phi) is 5.86. The highest BCUT2D eigenvalue weighted by molar-refractivity contribution is 7.89. The van der Waals surface area contributed by atoms with E-state index in [0.717, 1.165) is 6.07 Å². The van der Waals surface area contributed by atoms with E-state index in [1.807, 2.05) is 4.90 Å². The van der Waals surface area contributed by atoms with Crippen LogP contribution in [0.25, 0.3) is 0 Å². The average Bonchev–Trinajstić information content (AvgIpc) is 2.60. The topological polar surface area (TPSA) is 110 Å². The second-order valence-corrected chi connectivity index (χ2v) is 7.26. The third kappa shape index (κ3) is 4.28. The summed E-state index contributed by atoms with van der Waals surface area (Å²) >= 11 is 0. The quantitative estimate of drug-likeness (QED) is 0.413. The summed E-state index contributed by atoms with van der Waals surface area (Å²) in [6, 6.07) is 5.03. The van der Waals surface area contributed by atoms with Crippen LogP contribution in [-0.4, -0.2) is 68.3 Å². The second kappa shape index (κ2) is 7.69. The Balaban J connectivity index is 2.01. The van der Waals surface area contributed by atoms with Crippen molar-refractivity contribution in [3.63, 3.8) is 0 Å². The number of methoxy groups -OCH3 is 1. The van der Waals surface area contributed by atoms with E-state index in [-0.39, 0.29) is 36.1 Å². The Morgan fingerprint density at radius 3 is 2.54 bits per heavy atom. The fourth-order valence-corrected chi connectivity index (χ4v) is 3.91. The molecule has 0 spiro atoms. The lowest BCUT2D eigenvalue weighted by Crippen LogP contribution is -2.48. The molecule has 132 valence electrons. The van der Waals surface area contributed by atoms with E-state index in [9.17, 15) is 23.3 Å². The molecule has 0 amide bonds. The minimum Gasteiger partial charge on any atom is -0.469 e. The lowest BCUT2D eigenvalue weighted by molar-refractivity contribution is -0.385. The molecule has 0 bridgehead atoms. The lowest BCUT2D eigenvalue weighted by atomic mass is 10.3. The van der Waals surface area contributed by atoms with Crippen LogP contribution >= 0.6 is 0 Å². The highest BCUT2D eigenvalue weighted by Crippen LogP contribution is 2.22. The number of nitro groups is 1. The van der Waals surface area contributed by atoms with Crippen LogP contribution in [0.15, 0.2) is 29.2 Å². The van der Waals surface area contributed by atoms with Gasteiger partial charge in [-0.3, -0.25) is 14.9 Å². The molecular formula is C14H19N3O6S. The minimum absolute atomic E-state index is 0.0836. The number of hydrogen-bond donors (Lipinski definition) is 0. The number of hydrogen-bond acceptors (Lipinski definition) is 7. The number of rotatable bonds is 6. The maximum absolute atomic E-state index is 12.6. The van der Waals surface area contributed by atoms with Crippen LogP contribution in [0.4, 0.5) is 5.69 Å². The number of carbonyl (C=O) groups excluding carboxylic acids is 1. The molecule has 1 aromatic rings. The van der Waals surface area contributed by atoms with Gasteiger partial charge in [-0.1, -0.05) is 6.07 Å². The minimum atomic E-state index is -3.77. The molecule has 2 rings (SSSR count). The van der Waals surface area contributed by atoms with Crippen molar-refractivity contribution in [3.05, 3.63) is 34.4 Å². The van der Waals surface area contributed by atoms with Crippen molar-refractivity contribution in [1.29, 1.82) is 0 Å². The first-order valence-corrected chi connectivity index (χ1v) is 8.82. The van der Waals surface area contributed by atoms with Gasteiger partial charge in [-0.15, -0.1) is 0 Å². The summed E-state index contributed by atoms with van der Waals surface area (Å²) in [7, 11) is -2.44. The highest BCUT2D eigenvalue weighted by Gasteiger charge is 2.29. The molecule has 1 aliphatic heterocycles. The molecule has 0 saturated carbocycles. The predicted molar refractivity (Wildman–Crippen MR) is 84.9 cm³/mol. The van der Waals surface area contributed by atoms with E-state index in [0.29, 0.717) is 19.6 Å². The molecule has 10 heteroatoms. The number of carbonyl (C=O) groups is 1. The van der Waals surface area contributed by atoms with Crippen LogP contribution < -0.4 is 0 Å². The zero-order valence-electron chi connectivity index (χ0n) is 13.3. The third-order valence-corrected chi connectivity index (χ3v) is 5.75. The maximum atomic E-state index is 12.6. The van der Waals surface area contributed by atoms with E-state index < -0.39 is 14.9 Å². The Morgan fingerprint density at radius 2 is 1.96 bits per heavy atom. The van der Waals surface area contributed by atoms with Crippen LogP contribution in [0.2, 0.25) is 0 Å². The Labute approximate surface area is 140 Å². The summed E-state index contributed by atoms with van der Waals surface area (Å²) in [6.07, 6.45) is 0.258. The molecule has 1 aromatic carbocycles. The van der Waals surface area contributed by atoms with Gasteiger partial charge in [-0.25, -0.2) is 8.42 Å². The first-order chi connectivity index (χ1) is 11.3. The van der Waals surface area contributed by atoms with Crippen LogP contribution in [0.1, 0.15) is 6.42 Å². The van der Waals surface area contributed by atoms with Crippen molar-refractivity contribution in [2.75, 3.05) is 39.8 Å². The van der Waals surface area contributed by atoms with E-state index in [2.05, 4.69) is 4.74 Å². The highest BCUT2D eigenvalue weighted by atomic mass is 32.2. The molecule has 0 unspecified atom stereocenters. The molecule has 1 saturated heterocycles. The summed E-state index contributed by atoms with van der Waals surface area (Å²) in [5.74, 6) is -0.304. The Morgan fingerprint density at radius 1 is 1.29 bits per heavy atom. The Bertz CT molecular complexity index is 713. The third-order valence-electron chi connectivity index (χ3n) is 3.86. The molecule has 1 aliphatic rings. The smallest absolute Gasteiger partial charge is 0.306 e. The predicted octanol–water partition coefficient (Wildman–Crippen LogP) is 0.464. The van der Waals surface area contributed by atoms with Gasteiger partial charge in [-0.2, -0.15) is 4.31 Å². The average molecular weight is 357 g/mol.